The molecule has 0 saturated carbocycles. The molecule has 0 saturated heterocycles. The largest absolute Gasteiger partial charge is 0.322 e. The van der Waals surface area contributed by atoms with Crippen LogP contribution < -0.4 is 5.32 Å². The summed E-state index contributed by atoms with van der Waals surface area (Å²) in [5.41, 5.74) is 5.18. The minimum Gasteiger partial charge on any atom is -0.322 e. The van der Waals surface area contributed by atoms with E-state index in [1.165, 1.54) is 16.7 Å². The zero-order chi connectivity index (χ0) is 13.8. The minimum absolute atomic E-state index is 0.0640. The van der Waals surface area contributed by atoms with E-state index in [1.54, 1.807) is 0 Å². The van der Waals surface area contributed by atoms with E-state index in [9.17, 15) is 4.79 Å². The summed E-state index contributed by atoms with van der Waals surface area (Å²) in [4.78, 5) is 12.1. The Bertz CT molecular complexity index is 585. The standard InChI is InChI=1S/C17H19NO/c1-4-14-6-8-15(9-7-14)17(19)18-16-10-5-12(2)13(3)11-16/h5-11H,4H2,1-3H3,(H,18,19). The molecular formula is C17H19NO. The maximum absolute atomic E-state index is 12.1. The Morgan fingerprint density at radius 2 is 1.68 bits per heavy atom. The smallest absolute Gasteiger partial charge is 0.255 e. The number of carbonyl (C=O) groups excluding carboxylic acids is 1. The van der Waals surface area contributed by atoms with Crippen molar-refractivity contribution in [3.8, 4) is 0 Å². The van der Waals surface area contributed by atoms with Crippen LogP contribution in [0.1, 0.15) is 34.0 Å². The fraction of sp³-hybridized carbons (Fsp3) is 0.235. The first-order chi connectivity index (χ1) is 9.10. The van der Waals surface area contributed by atoms with Crippen molar-refractivity contribution in [1.29, 1.82) is 0 Å². The lowest BCUT2D eigenvalue weighted by Crippen LogP contribution is -2.12. The molecule has 2 aromatic rings. The topological polar surface area (TPSA) is 29.1 Å². The van der Waals surface area contributed by atoms with E-state index < -0.39 is 0 Å². The molecule has 1 N–H and O–H groups in total. The van der Waals surface area contributed by atoms with Gasteiger partial charge < -0.3 is 5.32 Å². The van der Waals surface area contributed by atoms with Gasteiger partial charge in [0.25, 0.3) is 5.91 Å². The predicted octanol–water partition coefficient (Wildman–Crippen LogP) is 4.12. The zero-order valence-electron chi connectivity index (χ0n) is 11.7. The molecule has 0 atom stereocenters. The number of nitrogens with one attached hydrogen (secondary N) is 1. The third-order valence-corrected chi connectivity index (χ3v) is 3.39. The van der Waals surface area contributed by atoms with Gasteiger partial charge in [0.1, 0.15) is 0 Å². The quantitative estimate of drug-likeness (QED) is 0.876. The molecule has 0 bridgehead atoms. The molecule has 2 heteroatoms. The third kappa shape index (κ3) is 3.22. The summed E-state index contributed by atoms with van der Waals surface area (Å²) in [6.45, 7) is 6.20. The minimum atomic E-state index is -0.0640. The van der Waals surface area contributed by atoms with E-state index in [0.717, 1.165) is 12.1 Å². The molecule has 0 fully saturated rings. The van der Waals surface area contributed by atoms with Gasteiger partial charge in [-0.15, -0.1) is 0 Å². The van der Waals surface area contributed by atoms with Gasteiger partial charge >= 0.3 is 0 Å². The lowest BCUT2D eigenvalue weighted by atomic mass is 10.1. The van der Waals surface area contributed by atoms with Crippen LogP contribution >= 0.6 is 0 Å². The van der Waals surface area contributed by atoms with Crippen LogP contribution in [0.5, 0.6) is 0 Å². The predicted molar refractivity (Wildman–Crippen MR) is 79.7 cm³/mol. The number of amides is 1. The van der Waals surface area contributed by atoms with Crippen molar-refractivity contribution in [2.75, 3.05) is 5.32 Å². The van der Waals surface area contributed by atoms with Crippen LogP contribution in [-0.4, -0.2) is 5.91 Å². The summed E-state index contributed by atoms with van der Waals surface area (Å²) in [5, 5.41) is 2.92. The van der Waals surface area contributed by atoms with Gasteiger partial charge in [-0.05, 0) is 61.2 Å². The van der Waals surface area contributed by atoms with Gasteiger partial charge in [0.15, 0.2) is 0 Å². The summed E-state index contributed by atoms with van der Waals surface area (Å²) < 4.78 is 0. The maximum Gasteiger partial charge on any atom is 0.255 e. The molecule has 0 unspecified atom stereocenters. The second-order valence-corrected chi connectivity index (χ2v) is 4.80. The van der Waals surface area contributed by atoms with Gasteiger partial charge in [0.05, 0.1) is 0 Å². The average Bonchev–Trinajstić information content (AvgIpc) is 2.43. The van der Waals surface area contributed by atoms with Crippen LogP contribution in [-0.2, 0) is 6.42 Å². The third-order valence-electron chi connectivity index (χ3n) is 3.39. The summed E-state index contributed by atoms with van der Waals surface area (Å²) in [6, 6.07) is 13.7. The van der Waals surface area contributed by atoms with Gasteiger partial charge in [-0.1, -0.05) is 25.1 Å². The van der Waals surface area contributed by atoms with Crippen LogP contribution in [0.15, 0.2) is 42.5 Å². The van der Waals surface area contributed by atoms with Gasteiger partial charge in [-0.25, -0.2) is 0 Å². The second kappa shape index (κ2) is 5.70. The van der Waals surface area contributed by atoms with Crippen LogP contribution in [0.2, 0.25) is 0 Å². The number of hydrogen-bond acceptors (Lipinski definition) is 1. The number of anilines is 1. The molecule has 1 amide bonds. The molecule has 0 aliphatic carbocycles. The molecule has 2 rings (SSSR count). The Morgan fingerprint density at radius 3 is 2.26 bits per heavy atom. The monoisotopic (exact) mass is 253 g/mol. The number of rotatable bonds is 3. The molecule has 19 heavy (non-hydrogen) atoms. The van der Waals surface area contributed by atoms with Gasteiger partial charge in [0.2, 0.25) is 0 Å². The van der Waals surface area contributed by atoms with Crippen molar-refractivity contribution in [3.05, 3.63) is 64.7 Å². The van der Waals surface area contributed by atoms with Crippen LogP contribution in [0, 0.1) is 13.8 Å². The first-order valence-corrected chi connectivity index (χ1v) is 6.57. The van der Waals surface area contributed by atoms with E-state index in [1.807, 2.05) is 49.4 Å². The van der Waals surface area contributed by atoms with Crippen LogP contribution in [0.3, 0.4) is 0 Å². The zero-order valence-corrected chi connectivity index (χ0v) is 11.7. The van der Waals surface area contributed by atoms with Gasteiger partial charge in [-0.2, -0.15) is 0 Å². The number of carbonyl (C=O) groups is 1. The highest BCUT2D eigenvalue weighted by Crippen LogP contribution is 2.15. The van der Waals surface area contributed by atoms with Crippen molar-refractivity contribution in [1.82, 2.24) is 0 Å². The fourth-order valence-corrected chi connectivity index (χ4v) is 1.91. The summed E-state index contributed by atoms with van der Waals surface area (Å²) in [7, 11) is 0. The molecule has 0 radical (unpaired) electrons. The number of benzene rings is 2. The van der Waals surface area contributed by atoms with Gasteiger partial charge in [0, 0.05) is 11.3 Å². The second-order valence-electron chi connectivity index (χ2n) is 4.80. The van der Waals surface area contributed by atoms with Crippen LogP contribution in [0.25, 0.3) is 0 Å². The van der Waals surface area contributed by atoms with E-state index in [0.29, 0.717) is 5.56 Å². The van der Waals surface area contributed by atoms with Crippen molar-refractivity contribution >= 4 is 11.6 Å². The van der Waals surface area contributed by atoms with Crippen molar-refractivity contribution in [2.24, 2.45) is 0 Å². The highest BCUT2D eigenvalue weighted by Gasteiger charge is 2.06. The Balaban J connectivity index is 2.13. The SMILES string of the molecule is CCc1ccc(C(=O)Nc2ccc(C)c(C)c2)cc1. The first kappa shape index (κ1) is 13.3. The number of hydrogen-bond donors (Lipinski definition) is 1. The lowest BCUT2D eigenvalue weighted by Gasteiger charge is -2.08. The Labute approximate surface area is 114 Å². The Hall–Kier alpha value is -2.09. The maximum atomic E-state index is 12.1. The van der Waals surface area contributed by atoms with E-state index in [-0.39, 0.29) is 5.91 Å². The molecule has 98 valence electrons. The summed E-state index contributed by atoms with van der Waals surface area (Å²) >= 11 is 0. The van der Waals surface area contributed by atoms with Gasteiger partial charge in [-0.3, -0.25) is 4.79 Å². The Kier molecular flexibility index (Phi) is 4.00. The molecule has 0 aromatic heterocycles. The van der Waals surface area contributed by atoms with Crippen LogP contribution in [0.4, 0.5) is 5.69 Å². The van der Waals surface area contributed by atoms with Crippen molar-refractivity contribution in [3.63, 3.8) is 0 Å². The van der Waals surface area contributed by atoms with E-state index in [4.69, 9.17) is 0 Å². The normalized spacial score (nSPS) is 10.3. The van der Waals surface area contributed by atoms with E-state index in [2.05, 4.69) is 19.2 Å². The van der Waals surface area contributed by atoms with Crippen molar-refractivity contribution in [2.45, 2.75) is 27.2 Å². The Morgan fingerprint density at radius 1 is 1.00 bits per heavy atom. The molecule has 2 nitrogen and oxygen atoms in total. The highest BCUT2D eigenvalue weighted by atomic mass is 16.1. The molecule has 0 spiro atoms. The van der Waals surface area contributed by atoms with E-state index >= 15 is 0 Å². The van der Waals surface area contributed by atoms with Crippen molar-refractivity contribution < 1.29 is 4.79 Å². The molecular weight excluding hydrogens is 234 g/mol. The highest BCUT2D eigenvalue weighted by molar-refractivity contribution is 6.04. The summed E-state index contributed by atoms with van der Waals surface area (Å²) in [5.74, 6) is -0.0640. The average molecular weight is 253 g/mol. The fourth-order valence-electron chi connectivity index (χ4n) is 1.91. The number of aryl methyl sites for hydroxylation is 3. The molecule has 0 aliphatic rings. The first-order valence-electron chi connectivity index (χ1n) is 6.57. The molecule has 2 aromatic carbocycles. The summed E-state index contributed by atoms with van der Waals surface area (Å²) in [6.07, 6.45) is 0.985. The lowest BCUT2D eigenvalue weighted by molar-refractivity contribution is 0.102. The molecule has 0 heterocycles. The molecule has 0 aliphatic heterocycles.